The predicted molar refractivity (Wildman–Crippen MR) is 165 cm³/mol. The number of nitrogens with zero attached hydrogens (tertiary/aromatic N) is 2. The summed E-state index contributed by atoms with van der Waals surface area (Å²) in [6.07, 6.45) is 4.78. The molecule has 0 aromatic heterocycles. The Morgan fingerprint density at radius 2 is 1.38 bits per heavy atom. The zero-order valence-electron chi connectivity index (χ0n) is 23.2. The summed E-state index contributed by atoms with van der Waals surface area (Å²) in [6.45, 7) is 9.66. The standard InChI is InChI=1S/C35H35N2OP/c1-23(2)25-22-28-33-32-31(25)34(3)20-12-13-21-35(34,4)37(32)27-17-9-11-19-30(27)39(33,38)29-18-10-8-16-26(29)36(28)24-14-6-5-7-15-24/h5-11,14-19,22-23H,12-13,20-21H2,1-4H3. The largest absolute Gasteiger partial charge is 0.333 e. The average molecular weight is 531 g/mol. The first-order valence-corrected chi connectivity index (χ1v) is 16.2. The van der Waals surface area contributed by atoms with E-state index in [-0.39, 0.29) is 11.0 Å². The maximum atomic E-state index is 16.1. The first-order chi connectivity index (χ1) is 18.8. The number of hydrogen-bond donors (Lipinski definition) is 0. The smallest absolute Gasteiger partial charge is 0.179 e. The highest BCUT2D eigenvalue weighted by Gasteiger charge is 2.64. The van der Waals surface area contributed by atoms with Crippen molar-refractivity contribution in [3.63, 3.8) is 0 Å². The minimum absolute atomic E-state index is 0.00790. The van der Waals surface area contributed by atoms with E-state index < -0.39 is 7.14 Å². The summed E-state index contributed by atoms with van der Waals surface area (Å²) < 4.78 is 16.1. The SMILES string of the molecule is CC(C)c1cc2c3c4c1C1(C)CCCCC1(C)N4c1ccccc1P3(=O)c1ccccc1N2c1ccccc1. The molecule has 8 rings (SSSR count). The summed E-state index contributed by atoms with van der Waals surface area (Å²) >= 11 is 0. The highest BCUT2D eigenvalue weighted by atomic mass is 31.2. The van der Waals surface area contributed by atoms with Gasteiger partial charge in [-0.05, 0) is 79.3 Å². The Hall–Kier alpha value is -3.29. The van der Waals surface area contributed by atoms with Gasteiger partial charge in [-0.3, -0.25) is 0 Å². The Kier molecular flexibility index (Phi) is 4.64. The summed E-state index contributed by atoms with van der Waals surface area (Å²) in [4.78, 5) is 5.04. The van der Waals surface area contributed by atoms with E-state index >= 15 is 4.57 Å². The van der Waals surface area contributed by atoms with Gasteiger partial charge in [-0.2, -0.15) is 0 Å². The molecule has 3 unspecified atom stereocenters. The fourth-order valence-corrected chi connectivity index (χ4v) is 11.8. The molecule has 4 aromatic rings. The molecule has 3 atom stereocenters. The number of benzene rings is 4. The van der Waals surface area contributed by atoms with Crippen molar-refractivity contribution >= 4 is 51.5 Å². The molecule has 39 heavy (non-hydrogen) atoms. The van der Waals surface area contributed by atoms with E-state index in [1.807, 2.05) is 0 Å². The maximum absolute atomic E-state index is 16.1. The summed E-state index contributed by atoms with van der Waals surface area (Å²) in [5, 5.41) is 3.01. The molecule has 3 heterocycles. The second kappa shape index (κ2) is 7.67. The van der Waals surface area contributed by atoms with Gasteiger partial charge in [-0.25, -0.2) is 0 Å². The zero-order chi connectivity index (χ0) is 26.7. The van der Waals surface area contributed by atoms with Crippen LogP contribution in [0.15, 0.2) is 84.9 Å². The van der Waals surface area contributed by atoms with Gasteiger partial charge in [0.05, 0.1) is 33.6 Å². The molecule has 3 aliphatic heterocycles. The van der Waals surface area contributed by atoms with Crippen molar-refractivity contribution in [2.75, 3.05) is 9.80 Å². The third kappa shape index (κ3) is 2.64. The van der Waals surface area contributed by atoms with Crippen LogP contribution in [0.2, 0.25) is 0 Å². The number of anilines is 5. The van der Waals surface area contributed by atoms with E-state index in [1.54, 1.807) is 0 Å². The van der Waals surface area contributed by atoms with Crippen LogP contribution in [-0.2, 0) is 9.98 Å². The molecule has 196 valence electrons. The maximum Gasteiger partial charge on any atom is 0.179 e. The molecule has 0 radical (unpaired) electrons. The summed E-state index contributed by atoms with van der Waals surface area (Å²) in [5.74, 6) is 0.357. The van der Waals surface area contributed by atoms with Gasteiger partial charge in [0.15, 0.2) is 7.14 Å². The number of para-hydroxylation sites is 3. The van der Waals surface area contributed by atoms with Crippen molar-refractivity contribution in [1.82, 2.24) is 0 Å². The highest BCUT2D eigenvalue weighted by Crippen LogP contribution is 2.69. The molecular weight excluding hydrogens is 495 g/mol. The second-order valence-electron chi connectivity index (χ2n) is 12.6. The first-order valence-electron chi connectivity index (χ1n) is 14.5. The van der Waals surface area contributed by atoms with Gasteiger partial charge in [-0.15, -0.1) is 0 Å². The normalized spacial score (nSPS) is 27.6. The van der Waals surface area contributed by atoms with Gasteiger partial charge in [0.25, 0.3) is 0 Å². The van der Waals surface area contributed by atoms with Crippen LogP contribution < -0.4 is 25.7 Å². The topological polar surface area (TPSA) is 23.6 Å². The van der Waals surface area contributed by atoms with Crippen molar-refractivity contribution in [3.05, 3.63) is 96.1 Å². The minimum Gasteiger partial charge on any atom is -0.333 e. The molecule has 1 fully saturated rings. The predicted octanol–water partition coefficient (Wildman–Crippen LogP) is 8.29. The van der Waals surface area contributed by atoms with Gasteiger partial charge >= 0.3 is 0 Å². The molecule has 0 amide bonds. The summed E-state index contributed by atoms with van der Waals surface area (Å²) in [6, 6.07) is 30.1. The molecule has 3 nitrogen and oxygen atoms in total. The van der Waals surface area contributed by atoms with Crippen LogP contribution in [0, 0.1) is 0 Å². The Bertz CT molecular complexity index is 1730. The Labute approximate surface area is 231 Å². The molecule has 0 N–H and O–H groups in total. The molecular formula is C35H35N2OP. The van der Waals surface area contributed by atoms with Crippen molar-refractivity contribution in [3.8, 4) is 0 Å². The van der Waals surface area contributed by atoms with Gasteiger partial charge in [-0.1, -0.05) is 76.1 Å². The average Bonchev–Trinajstić information content (AvgIpc) is 3.17. The minimum atomic E-state index is -3.14. The van der Waals surface area contributed by atoms with E-state index in [0.29, 0.717) is 5.92 Å². The van der Waals surface area contributed by atoms with E-state index in [0.717, 1.165) is 51.5 Å². The lowest BCUT2D eigenvalue weighted by molar-refractivity contribution is 0.194. The Morgan fingerprint density at radius 3 is 2.10 bits per heavy atom. The van der Waals surface area contributed by atoms with Gasteiger partial charge in [0.2, 0.25) is 0 Å². The van der Waals surface area contributed by atoms with Crippen LogP contribution in [0.3, 0.4) is 0 Å². The first kappa shape index (κ1) is 23.6. The molecule has 0 spiro atoms. The van der Waals surface area contributed by atoms with Crippen molar-refractivity contribution in [1.29, 1.82) is 0 Å². The lowest BCUT2D eigenvalue weighted by atomic mass is 9.60. The quantitative estimate of drug-likeness (QED) is 0.215. The van der Waals surface area contributed by atoms with Gasteiger partial charge in [0.1, 0.15) is 0 Å². The highest BCUT2D eigenvalue weighted by molar-refractivity contribution is 7.86. The zero-order valence-corrected chi connectivity index (χ0v) is 24.1. The second-order valence-corrected chi connectivity index (χ2v) is 15.2. The molecule has 1 saturated carbocycles. The van der Waals surface area contributed by atoms with Crippen LogP contribution in [0.1, 0.15) is 70.4 Å². The van der Waals surface area contributed by atoms with Crippen LogP contribution in [-0.4, -0.2) is 5.54 Å². The lowest BCUT2D eigenvalue weighted by Crippen LogP contribution is -2.57. The monoisotopic (exact) mass is 530 g/mol. The van der Waals surface area contributed by atoms with Gasteiger partial charge in [0, 0.05) is 21.7 Å². The molecule has 4 heteroatoms. The van der Waals surface area contributed by atoms with Crippen molar-refractivity contribution in [2.45, 2.75) is 70.3 Å². The summed E-state index contributed by atoms with van der Waals surface area (Å²) in [5.41, 5.74) is 8.43. The van der Waals surface area contributed by atoms with Crippen molar-refractivity contribution < 1.29 is 4.57 Å². The van der Waals surface area contributed by atoms with Crippen LogP contribution in [0.5, 0.6) is 0 Å². The molecule has 1 aliphatic carbocycles. The third-order valence-electron chi connectivity index (χ3n) is 10.4. The van der Waals surface area contributed by atoms with Crippen LogP contribution >= 0.6 is 7.14 Å². The van der Waals surface area contributed by atoms with Crippen LogP contribution in [0.4, 0.5) is 28.4 Å². The number of fused-ring (bicyclic) bond motifs is 8. The molecule has 0 saturated heterocycles. The van der Waals surface area contributed by atoms with E-state index in [1.165, 1.54) is 29.7 Å². The van der Waals surface area contributed by atoms with Gasteiger partial charge < -0.3 is 14.4 Å². The third-order valence-corrected chi connectivity index (χ3v) is 13.6. The van der Waals surface area contributed by atoms with Crippen molar-refractivity contribution in [2.24, 2.45) is 0 Å². The fourth-order valence-electron chi connectivity index (χ4n) is 8.47. The van der Waals surface area contributed by atoms with E-state index in [9.17, 15) is 0 Å². The number of rotatable bonds is 2. The molecule has 0 bridgehead atoms. The molecule has 4 aliphatic rings. The van der Waals surface area contributed by atoms with E-state index in [4.69, 9.17) is 0 Å². The Balaban J connectivity index is 1.60. The Morgan fingerprint density at radius 1 is 0.769 bits per heavy atom. The molecule has 4 aromatic carbocycles. The van der Waals surface area contributed by atoms with E-state index in [2.05, 4.69) is 122 Å². The summed E-state index contributed by atoms with van der Waals surface area (Å²) in [7, 11) is -3.14. The lowest BCUT2D eigenvalue weighted by Gasteiger charge is -2.52. The fraction of sp³-hybridized carbons (Fsp3) is 0.314. The number of hydrogen-bond acceptors (Lipinski definition) is 3. The van der Waals surface area contributed by atoms with Crippen LogP contribution in [0.25, 0.3) is 0 Å².